The first-order valence-corrected chi connectivity index (χ1v) is 16.7. The highest BCUT2D eigenvalue weighted by molar-refractivity contribution is 6.39. The number of aromatic nitrogens is 2. The van der Waals surface area contributed by atoms with E-state index in [1.807, 2.05) is 48.5 Å². The second kappa shape index (κ2) is 15.3. The molecular formula is C36H38Cl2N6O4. The van der Waals surface area contributed by atoms with Crippen LogP contribution in [0, 0.1) is 0 Å². The fourth-order valence-corrected chi connectivity index (χ4v) is 6.85. The molecule has 0 saturated carbocycles. The Bertz CT molecular complexity index is 1690. The highest BCUT2D eigenvalue weighted by Crippen LogP contribution is 2.42. The molecule has 2 aromatic carbocycles. The lowest BCUT2D eigenvalue weighted by molar-refractivity contribution is -0.120. The topological polar surface area (TPSA) is 127 Å². The molecule has 2 amide bonds. The molecule has 0 unspecified atom stereocenters. The summed E-state index contributed by atoms with van der Waals surface area (Å²) in [7, 11) is 3.28. The first-order chi connectivity index (χ1) is 23.3. The van der Waals surface area contributed by atoms with Crippen molar-refractivity contribution in [2.24, 2.45) is 0 Å². The van der Waals surface area contributed by atoms with E-state index in [9.17, 15) is 9.59 Å². The van der Waals surface area contributed by atoms with Crippen LogP contribution in [0.25, 0.3) is 33.6 Å². The molecule has 4 heterocycles. The molecule has 250 valence electrons. The minimum absolute atomic E-state index is 0.103. The first kappa shape index (κ1) is 33.7. The van der Waals surface area contributed by atoms with Crippen molar-refractivity contribution >= 4 is 35.0 Å². The zero-order chi connectivity index (χ0) is 33.6. The number of rotatable bonds is 13. The number of ether oxygens (including phenoxy) is 2. The van der Waals surface area contributed by atoms with Gasteiger partial charge in [0.25, 0.3) is 0 Å². The summed E-state index contributed by atoms with van der Waals surface area (Å²) in [4.78, 5) is 32.2. The van der Waals surface area contributed by atoms with Crippen molar-refractivity contribution in [2.45, 2.75) is 50.9 Å². The normalized spacial score (nSPS) is 17.3. The van der Waals surface area contributed by atoms with E-state index in [1.165, 1.54) is 0 Å². The van der Waals surface area contributed by atoms with Gasteiger partial charge in [0, 0.05) is 96.9 Å². The molecule has 2 aliphatic rings. The number of methoxy groups -OCH3 is 2. The molecule has 0 aliphatic carbocycles. The van der Waals surface area contributed by atoms with Crippen LogP contribution in [0.15, 0.2) is 60.9 Å². The summed E-state index contributed by atoms with van der Waals surface area (Å²) >= 11 is 14.1. The van der Waals surface area contributed by atoms with Gasteiger partial charge in [-0.15, -0.1) is 0 Å². The number of halogens is 2. The third-order valence-electron chi connectivity index (χ3n) is 8.77. The lowest BCUT2D eigenvalue weighted by Crippen LogP contribution is -2.35. The van der Waals surface area contributed by atoms with Gasteiger partial charge < -0.3 is 30.7 Å². The summed E-state index contributed by atoms with van der Waals surface area (Å²) in [5.41, 5.74) is 6.24. The maximum atomic E-state index is 11.5. The quantitative estimate of drug-likeness (QED) is 0.144. The molecular weight excluding hydrogens is 651 g/mol. The monoisotopic (exact) mass is 688 g/mol. The van der Waals surface area contributed by atoms with Gasteiger partial charge >= 0.3 is 0 Å². The summed E-state index contributed by atoms with van der Waals surface area (Å²) in [6.45, 7) is 2.57. The lowest BCUT2D eigenvalue weighted by atomic mass is 10.00. The van der Waals surface area contributed by atoms with E-state index >= 15 is 0 Å². The Balaban J connectivity index is 1.20. The number of hydrogen-bond acceptors (Lipinski definition) is 8. The van der Waals surface area contributed by atoms with Crippen LogP contribution in [0.2, 0.25) is 10.0 Å². The van der Waals surface area contributed by atoms with Gasteiger partial charge in [-0.1, -0.05) is 47.5 Å². The van der Waals surface area contributed by atoms with E-state index in [4.69, 9.17) is 32.7 Å². The van der Waals surface area contributed by atoms with Crippen LogP contribution < -0.4 is 30.7 Å². The zero-order valence-electron chi connectivity index (χ0n) is 26.9. The molecule has 12 heteroatoms. The average molecular weight is 690 g/mol. The predicted octanol–water partition coefficient (Wildman–Crippen LogP) is 5.54. The van der Waals surface area contributed by atoms with Crippen molar-refractivity contribution in [2.75, 3.05) is 27.3 Å². The summed E-state index contributed by atoms with van der Waals surface area (Å²) in [6, 6.07) is 15.8. The van der Waals surface area contributed by atoms with Crippen LogP contribution in [0.3, 0.4) is 0 Å². The van der Waals surface area contributed by atoms with Gasteiger partial charge in [0.05, 0.1) is 35.7 Å². The van der Waals surface area contributed by atoms with Crippen molar-refractivity contribution in [3.63, 3.8) is 0 Å². The van der Waals surface area contributed by atoms with Crippen LogP contribution >= 0.6 is 23.2 Å². The van der Waals surface area contributed by atoms with Crippen LogP contribution in [-0.2, 0) is 22.7 Å². The standard InChI is InChI=1S/C36H38Cl2N6O4/c1-47-29-15-21(3-5-23(29)17-39-19-25-7-9-31(45)43-25)35-33(37)27(11-13-41-35)28-12-14-42-36(34(28)38)22-4-6-24(30(16-22)48-2)18-40-20-26-8-10-32(46)44-26/h3-6,11-16,25-26,39-40H,7-10,17-20H2,1-2H3,(H,43,45)(H,44,46)/t25-,26-/m1/s1. The molecule has 4 aromatic rings. The molecule has 0 radical (unpaired) electrons. The number of amides is 2. The van der Waals surface area contributed by atoms with E-state index in [0.717, 1.165) is 46.2 Å². The smallest absolute Gasteiger partial charge is 0.220 e. The van der Waals surface area contributed by atoms with E-state index < -0.39 is 0 Å². The molecule has 4 N–H and O–H groups in total. The minimum atomic E-state index is 0.103. The van der Waals surface area contributed by atoms with Gasteiger partial charge in [0.2, 0.25) is 11.8 Å². The highest BCUT2D eigenvalue weighted by Gasteiger charge is 2.22. The third-order valence-corrected chi connectivity index (χ3v) is 9.54. The number of nitrogens with zero attached hydrogens (tertiary/aromatic N) is 2. The number of benzene rings is 2. The molecule has 2 fully saturated rings. The molecule has 48 heavy (non-hydrogen) atoms. The van der Waals surface area contributed by atoms with E-state index in [0.29, 0.717) is 72.0 Å². The van der Waals surface area contributed by atoms with Gasteiger partial charge in [0.1, 0.15) is 11.5 Å². The molecule has 2 atom stereocenters. The van der Waals surface area contributed by atoms with Crippen LogP contribution in [0.1, 0.15) is 36.8 Å². The van der Waals surface area contributed by atoms with Crippen molar-refractivity contribution in [1.82, 2.24) is 31.2 Å². The number of pyridine rings is 2. The second-order valence-electron chi connectivity index (χ2n) is 12.0. The number of nitrogens with one attached hydrogen (secondary N) is 4. The molecule has 2 saturated heterocycles. The molecule has 2 aromatic heterocycles. The summed E-state index contributed by atoms with van der Waals surface area (Å²) in [5.74, 6) is 1.62. The van der Waals surface area contributed by atoms with Crippen molar-refractivity contribution in [1.29, 1.82) is 0 Å². The molecule has 2 aliphatic heterocycles. The van der Waals surface area contributed by atoms with Gasteiger partial charge in [-0.2, -0.15) is 0 Å². The average Bonchev–Trinajstić information content (AvgIpc) is 3.72. The first-order valence-electron chi connectivity index (χ1n) is 16.0. The minimum Gasteiger partial charge on any atom is -0.496 e. The van der Waals surface area contributed by atoms with Gasteiger partial charge in [-0.3, -0.25) is 19.6 Å². The largest absolute Gasteiger partial charge is 0.496 e. The van der Waals surface area contributed by atoms with Crippen LogP contribution in [0.4, 0.5) is 0 Å². The Morgan fingerprint density at radius 2 is 1.15 bits per heavy atom. The Hall–Kier alpha value is -4.22. The fraction of sp³-hybridized carbons (Fsp3) is 0.333. The van der Waals surface area contributed by atoms with Gasteiger partial charge in [-0.25, -0.2) is 0 Å². The SMILES string of the molecule is COc1cc(-c2nccc(-c3ccnc(-c4ccc(CNC[C@H]5CCC(=O)N5)c(OC)c4)c3Cl)c2Cl)ccc1CNC[C@H]1CCC(=O)N1. The Labute approximate surface area is 289 Å². The fourth-order valence-electron chi connectivity index (χ4n) is 6.20. The Morgan fingerprint density at radius 1 is 0.708 bits per heavy atom. The summed E-state index contributed by atoms with van der Waals surface area (Å²) < 4.78 is 11.4. The molecule has 10 nitrogen and oxygen atoms in total. The van der Waals surface area contributed by atoms with Crippen molar-refractivity contribution in [3.8, 4) is 45.1 Å². The van der Waals surface area contributed by atoms with Gasteiger partial charge in [0.15, 0.2) is 0 Å². The molecule has 0 spiro atoms. The Morgan fingerprint density at radius 3 is 1.52 bits per heavy atom. The second-order valence-corrected chi connectivity index (χ2v) is 12.7. The van der Waals surface area contributed by atoms with Crippen LogP contribution in [-0.4, -0.2) is 61.2 Å². The van der Waals surface area contributed by atoms with E-state index in [1.54, 1.807) is 26.6 Å². The number of hydrogen-bond donors (Lipinski definition) is 4. The number of carbonyl (C=O) groups excluding carboxylic acids is 2. The maximum Gasteiger partial charge on any atom is 0.220 e. The maximum absolute atomic E-state index is 11.5. The predicted molar refractivity (Wildman–Crippen MR) is 187 cm³/mol. The summed E-state index contributed by atoms with van der Waals surface area (Å²) in [5, 5.41) is 13.7. The van der Waals surface area contributed by atoms with Crippen molar-refractivity contribution < 1.29 is 19.1 Å². The van der Waals surface area contributed by atoms with E-state index in [-0.39, 0.29) is 23.9 Å². The highest BCUT2D eigenvalue weighted by atomic mass is 35.5. The Kier molecular flexibility index (Phi) is 10.8. The van der Waals surface area contributed by atoms with Gasteiger partial charge in [-0.05, 0) is 37.1 Å². The van der Waals surface area contributed by atoms with E-state index in [2.05, 4.69) is 31.2 Å². The zero-order valence-corrected chi connectivity index (χ0v) is 28.4. The lowest BCUT2D eigenvalue weighted by Gasteiger charge is -2.16. The molecule has 0 bridgehead atoms. The summed E-state index contributed by atoms with van der Waals surface area (Å²) in [6.07, 6.45) is 6.27. The molecule has 6 rings (SSSR count). The van der Waals surface area contributed by atoms with Crippen molar-refractivity contribution in [3.05, 3.63) is 82.1 Å². The third kappa shape index (κ3) is 7.57. The van der Waals surface area contributed by atoms with Crippen LogP contribution in [0.5, 0.6) is 11.5 Å². The number of carbonyl (C=O) groups is 2.